The molecule has 0 aliphatic heterocycles. The highest BCUT2D eigenvalue weighted by Gasteiger charge is 2.05. The summed E-state index contributed by atoms with van der Waals surface area (Å²) < 4.78 is 29.4. The molecule has 0 aliphatic rings. The minimum absolute atomic E-state index is 0.196. The summed E-state index contributed by atoms with van der Waals surface area (Å²) in [6.45, 7) is -2.77. The van der Waals surface area contributed by atoms with Crippen LogP contribution in [0.15, 0.2) is 36.4 Å². The van der Waals surface area contributed by atoms with E-state index in [9.17, 15) is 8.78 Å². The van der Waals surface area contributed by atoms with Crippen LogP contribution in [0, 0.1) is 3.57 Å². The number of alkyl halides is 2. The highest BCUT2D eigenvalue weighted by molar-refractivity contribution is 14.1. The lowest BCUT2D eigenvalue weighted by Crippen LogP contribution is -2.01. The zero-order chi connectivity index (χ0) is 10.8. The van der Waals surface area contributed by atoms with Crippen LogP contribution in [0.4, 0.5) is 8.78 Å². The summed E-state index contributed by atoms with van der Waals surface area (Å²) in [5.74, 6) is 0.196. The van der Waals surface area contributed by atoms with E-state index in [2.05, 4.69) is 27.3 Å². The van der Waals surface area contributed by atoms with E-state index in [1.807, 2.05) is 18.2 Å². The van der Waals surface area contributed by atoms with Gasteiger partial charge in [0.1, 0.15) is 5.75 Å². The zero-order valence-electron chi connectivity index (χ0n) is 7.58. The van der Waals surface area contributed by atoms with Crippen LogP contribution in [-0.2, 0) is 0 Å². The Morgan fingerprint density at radius 2 is 1.93 bits per heavy atom. The monoisotopic (exact) mass is 320 g/mol. The molecule has 0 saturated heterocycles. The maximum absolute atomic E-state index is 12.0. The highest BCUT2D eigenvalue weighted by atomic mass is 127. The number of rotatable bonds is 2. The van der Waals surface area contributed by atoms with Gasteiger partial charge in [-0.3, -0.25) is 0 Å². The minimum Gasteiger partial charge on any atom is -0.435 e. The third-order valence-electron chi connectivity index (χ3n) is 2.03. The lowest BCUT2D eigenvalue weighted by molar-refractivity contribution is -0.0497. The molecule has 1 nitrogen and oxygen atoms in total. The second-order valence-corrected chi connectivity index (χ2v) is 4.16. The zero-order valence-corrected chi connectivity index (χ0v) is 9.74. The minimum atomic E-state index is -2.77. The lowest BCUT2D eigenvalue weighted by atomic mass is 10.1. The molecule has 0 bridgehead atoms. The maximum Gasteiger partial charge on any atom is 0.387 e. The number of ether oxygens (including phenoxy) is 1. The fraction of sp³-hybridized carbons (Fsp3) is 0.0909. The van der Waals surface area contributed by atoms with Crippen molar-refractivity contribution in [3.05, 3.63) is 40.0 Å². The van der Waals surface area contributed by atoms with Crippen molar-refractivity contribution in [2.75, 3.05) is 0 Å². The first kappa shape index (κ1) is 10.6. The molecule has 2 rings (SSSR count). The highest BCUT2D eigenvalue weighted by Crippen LogP contribution is 2.25. The number of hydrogen-bond acceptors (Lipinski definition) is 1. The van der Waals surface area contributed by atoms with Gasteiger partial charge in [0.05, 0.1) is 0 Å². The van der Waals surface area contributed by atoms with E-state index in [0.717, 1.165) is 14.3 Å². The van der Waals surface area contributed by atoms with E-state index < -0.39 is 6.61 Å². The second kappa shape index (κ2) is 4.30. The number of benzene rings is 2. The normalized spacial score (nSPS) is 10.9. The van der Waals surface area contributed by atoms with Crippen LogP contribution in [-0.4, -0.2) is 6.61 Å². The van der Waals surface area contributed by atoms with Gasteiger partial charge >= 0.3 is 6.61 Å². The topological polar surface area (TPSA) is 9.23 Å². The van der Waals surface area contributed by atoms with Gasteiger partial charge in [0, 0.05) is 3.57 Å². The molecule has 2 aromatic rings. The summed E-state index contributed by atoms with van der Waals surface area (Å²) in [6, 6.07) is 10.7. The maximum atomic E-state index is 12.0. The van der Waals surface area contributed by atoms with E-state index in [1.54, 1.807) is 18.2 Å². The fourth-order valence-corrected chi connectivity index (χ4v) is 2.06. The van der Waals surface area contributed by atoms with Crippen molar-refractivity contribution in [1.82, 2.24) is 0 Å². The number of hydrogen-bond donors (Lipinski definition) is 0. The van der Waals surface area contributed by atoms with Crippen molar-refractivity contribution in [2.45, 2.75) is 6.61 Å². The molecular formula is C11H7F2IO. The molecule has 0 amide bonds. The van der Waals surface area contributed by atoms with E-state index >= 15 is 0 Å². The number of fused-ring (bicyclic) bond motifs is 1. The van der Waals surface area contributed by atoms with Gasteiger partial charge in [-0.05, 0) is 51.6 Å². The standard InChI is InChI=1S/C11H7F2IO/c12-11(13)15-8-5-4-7-2-1-3-10(14)9(7)6-8/h1-6,11H. The van der Waals surface area contributed by atoms with Crippen LogP contribution < -0.4 is 4.74 Å². The van der Waals surface area contributed by atoms with Gasteiger partial charge in [0.25, 0.3) is 0 Å². The molecule has 0 saturated carbocycles. The Bertz CT molecular complexity index is 485. The first-order valence-electron chi connectivity index (χ1n) is 4.30. The van der Waals surface area contributed by atoms with Crippen molar-refractivity contribution in [3.63, 3.8) is 0 Å². The summed E-state index contributed by atoms with van der Waals surface area (Å²) in [4.78, 5) is 0. The first-order chi connectivity index (χ1) is 7.16. The molecule has 0 heterocycles. The van der Waals surface area contributed by atoms with Crippen LogP contribution >= 0.6 is 22.6 Å². The Morgan fingerprint density at radius 1 is 1.13 bits per heavy atom. The van der Waals surface area contributed by atoms with Gasteiger partial charge < -0.3 is 4.74 Å². The van der Waals surface area contributed by atoms with Crippen molar-refractivity contribution >= 4 is 33.4 Å². The molecule has 0 spiro atoms. The summed E-state index contributed by atoms with van der Waals surface area (Å²) in [5, 5.41) is 1.94. The van der Waals surface area contributed by atoms with E-state index in [1.165, 1.54) is 0 Å². The SMILES string of the molecule is FC(F)Oc1ccc2cccc(I)c2c1. The van der Waals surface area contributed by atoms with Crippen molar-refractivity contribution < 1.29 is 13.5 Å². The summed E-state index contributed by atoms with van der Waals surface area (Å²) in [7, 11) is 0. The molecule has 0 N–H and O–H groups in total. The summed E-state index contributed by atoms with van der Waals surface area (Å²) in [5.41, 5.74) is 0. The van der Waals surface area contributed by atoms with Crippen LogP contribution in [0.1, 0.15) is 0 Å². The molecule has 15 heavy (non-hydrogen) atoms. The van der Waals surface area contributed by atoms with Crippen LogP contribution in [0.25, 0.3) is 10.8 Å². The summed E-state index contributed by atoms with van der Waals surface area (Å²) >= 11 is 2.17. The van der Waals surface area contributed by atoms with Gasteiger partial charge in [-0.15, -0.1) is 0 Å². The third-order valence-corrected chi connectivity index (χ3v) is 2.97. The van der Waals surface area contributed by atoms with Crippen LogP contribution in [0.3, 0.4) is 0 Å². The molecule has 0 aliphatic carbocycles. The molecule has 0 atom stereocenters. The molecule has 0 aromatic heterocycles. The average molecular weight is 320 g/mol. The van der Waals surface area contributed by atoms with Crippen molar-refractivity contribution in [2.24, 2.45) is 0 Å². The van der Waals surface area contributed by atoms with Gasteiger partial charge in [-0.25, -0.2) is 0 Å². The number of halogens is 3. The van der Waals surface area contributed by atoms with Crippen LogP contribution in [0.5, 0.6) is 5.75 Å². The molecule has 0 fully saturated rings. The molecule has 78 valence electrons. The lowest BCUT2D eigenvalue weighted by Gasteiger charge is -2.06. The van der Waals surface area contributed by atoms with Crippen molar-refractivity contribution in [1.29, 1.82) is 0 Å². The molecule has 2 aromatic carbocycles. The molecular weight excluding hydrogens is 313 g/mol. The Morgan fingerprint density at radius 3 is 2.67 bits per heavy atom. The third kappa shape index (κ3) is 2.37. The Kier molecular flexibility index (Phi) is 3.04. The van der Waals surface area contributed by atoms with E-state index in [4.69, 9.17) is 0 Å². The second-order valence-electron chi connectivity index (χ2n) is 3.00. The Hall–Kier alpha value is -0.910. The molecule has 4 heteroatoms. The predicted molar refractivity (Wildman–Crippen MR) is 63.3 cm³/mol. The van der Waals surface area contributed by atoms with E-state index in [-0.39, 0.29) is 5.75 Å². The fourth-order valence-electron chi connectivity index (χ4n) is 1.39. The Labute approximate surface area is 99.2 Å². The van der Waals surface area contributed by atoms with Crippen molar-refractivity contribution in [3.8, 4) is 5.75 Å². The van der Waals surface area contributed by atoms with Gasteiger partial charge in [0.15, 0.2) is 0 Å². The quantitative estimate of drug-likeness (QED) is 0.759. The van der Waals surface area contributed by atoms with Crippen LogP contribution in [0.2, 0.25) is 0 Å². The Balaban J connectivity index is 2.50. The summed E-state index contributed by atoms with van der Waals surface area (Å²) in [6.07, 6.45) is 0. The predicted octanol–water partition coefficient (Wildman–Crippen LogP) is 4.05. The van der Waals surface area contributed by atoms with Gasteiger partial charge in [-0.1, -0.05) is 18.2 Å². The van der Waals surface area contributed by atoms with E-state index in [0.29, 0.717) is 0 Å². The smallest absolute Gasteiger partial charge is 0.387 e. The average Bonchev–Trinajstić information content (AvgIpc) is 2.18. The van der Waals surface area contributed by atoms with Gasteiger partial charge in [0.2, 0.25) is 0 Å². The largest absolute Gasteiger partial charge is 0.435 e. The molecule has 0 radical (unpaired) electrons. The molecule has 0 unspecified atom stereocenters. The van der Waals surface area contributed by atoms with Gasteiger partial charge in [-0.2, -0.15) is 8.78 Å². The first-order valence-corrected chi connectivity index (χ1v) is 5.38.